The van der Waals surface area contributed by atoms with Crippen molar-refractivity contribution >= 4 is 23.5 Å². The second kappa shape index (κ2) is 4.31. The molecule has 1 fully saturated rings. The van der Waals surface area contributed by atoms with Crippen LogP contribution in [0.1, 0.15) is 17.5 Å². The molecule has 1 saturated heterocycles. The van der Waals surface area contributed by atoms with Crippen LogP contribution in [0, 0.1) is 0 Å². The zero-order valence-electron chi connectivity index (χ0n) is 10.7. The van der Waals surface area contributed by atoms with E-state index in [0.29, 0.717) is 18.4 Å². The summed E-state index contributed by atoms with van der Waals surface area (Å²) in [7, 11) is 0. The van der Waals surface area contributed by atoms with Crippen LogP contribution in [-0.4, -0.2) is 24.4 Å². The molecule has 0 aliphatic carbocycles. The van der Waals surface area contributed by atoms with Crippen LogP contribution in [-0.2, 0) is 21.5 Å². The fraction of sp³-hybridized carbons (Fsp3) is 0.308. The largest absolute Gasteiger partial charge is 0.327 e. The summed E-state index contributed by atoms with van der Waals surface area (Å²) in [6, 6.07) is 4.69. The summed E-state index contributed by atoms with van der Waals surface area (Å²) in [6.07, 6.45) is 1.01. The lowest BCUT2D eigenvalue weighted by molar-refractivity contribution is -0.124. The molecule has 2 aliphatic rings. The third-order valence-electron chi connectivity index (χ3n) is 3.74. The summed E-state index contributed by atoms with van der Waals surface area (Å²) in [5.41, 5.74) is 6.77. The summed E-state index contributed by atoms with van der Waals surface area (Å²) in [5.74, 6) is -0.476. The Labute approximate surface area is 114 Å². The lowest BCUT2D eigenvalue weighted by atomic mass is 9.87. The van der Waals surface area contributed by atoms with E-state index in [2.05, 4.69) is 16.0 Å². The number of rotatable bonds is 2. The number of nitrogens with one attached hydrogen (secondary N) is 3. The van der Waals surface area contributed by atoms with Gasteiger partial charge in [-0.15, -0.1) is 0 Å². The topological polar surface area (TPSA) is 113 Å². The van der Waals surface area contributed by atoms with Crippen LogP contribution >= 0.6 is 0 Å². The van der Waals surface area contributed by atoms with Gasteiger partial charge in [0.15, 0.2) is 5.54 Å². The van der Waals surface area contributed by atoms with Crippen LogP contribution in [0.5, 0.6) is 0 Å². The predicted octanol–water partition coefficient (Wildman–Crippen LogP) is -0.435. The highest BCUT2D eigenvalue weighted by Crippen LogP contribution is 2.30. The first kappa shape index (κ1) is 12.6. The molecular weight excluding hydrogens is 260 g/mol. The molecule has 104 valence electrons. The summed E-state index contributed by atoms with van der Waals surface area (Å²) in [4.78, 5) is 34.7. The van der Waals surface area contributed by atoms with Crippen LogP contribution in [0.4, 0.5) is 10.5 Å². The molecule has 1 aromatic carbocycles. The number of aryl methyl sites for hydroxylation is 1. The molecule has 20 heavy (non-hydrogen) atoms. The maximum atomic E-state index is 12.0. The van der Waals surface area contributed by atoms with Gasteiger partial charge in [0.2, 0.25) is 5.91 Å². The van der Waals surface area contributed by atoms with Gasteiger partial charge in [-0.3, -0.25) is 14.9 Å². The molecule has 7 nitrogen and oxygen atoms in total. The third-order valence-corrected chi connectivity index (χ3v) is 3.74. The highest BCUT2D eigenvalue weighted by Gasteiger charge is 2.46. The minimum Gasteiger partial charge on any atom is -0.327 e. The maximum Gasteiger partial charge on any atom is 0.322 e. The first-order valence-electron chi connectivity index (χ1n) is 6.32. The normalized spacial score (nSPS) is 24.8. The molecule has 1 aromatic rings. The molecule has 0 aromatic heterocycles. The second-order valence-corrected chi connectivity index (χ2v) is 4.94. The van der Waals surface area contributed by atoms with Crippen molar-refractivity contribution in [1.82, 2.24) is 10.6 Å². The Hall–Kier alpha value is -2.41. The Bertz CT molecular complexity index is 628. The number of urea groups is 1. The zero-order valence-corrected chi connectivity index (χ0v) is 10.7. The number of imide groups is 1. The molecule has 5 N–H and O–H groups in total. The quantitative estimate of drug-likeness (QED) is 0.548. The fourth-order valence-corrected chi connectivity index (χ4v) is 2.61. The summed E-state index contributed by atoms with van der Waals surface area (Å²) in [5, 5.41) is 7.56. The van der Waals surface area contributed by atoms with Crippen molar-refractivity contribution in [2.24, 2.45) is 5.73 Å². The van der Waals surface area contributed by atoms with Gasteiger partial charge in [0.1, 0.15) is 0 Å². The lowest BCUT2D eigenvalue weighted by Gasteiger charge is -2.26. The van der Waals surface area contributed by atoms with Crippen LogP contribution < -0.4 is 21.7 Å². The number of carbonyl (C=O) groups is 3. The number of anilines is 1. The molecule has 2 aliphatic heterocycles. The van der Waals surface area contributed by atoms with Crippen molar-refractivity contribution in [2.75, 3.05) is 11.9 Å². The van der Waals surface area contributed by atoms with Gasteiger partial charge in [-0.25, -0.2) is 4.79 Å². The second-order valence-electron chi connectivity index (χ2n) is 4.94. The van der Waals surface area contributed by atoms with E-state index in [0.717, 1.165) is 11.3 Å². The van der Waals surface area contributed by atoms with Gasteiger partial charge in [0.05, 0.1) is 0 Å². The standard InChI is InChI=1S/C13H14N4O3/c14-6-13(11(19)16-12(20)17-13)8-2-3-9-7(5-8)1-4-10(18)15-9/h2-3,5H,1,4,6,14H2,(H,15,18)(H2,16,17,19,20). The average molecular weight is 274 g/mol. The van der Waals surface area contributed by atoms with Crippen molar-refractivity contribution in [3.8, 4) is 0 Å². The molecule has 0 saturated carbocycles. The van der Waals surface area contributed by atoms with Gasteiger partial charge >= 0.3 is 6.03 Å². The van der Waals surface area contributed by atoms with Gasteiger partial charge in [-0.05, 0) is 23.6 Å². The minimum atomic E-state index is -1.23. The zero-order chi connectivity index (χ0) is 14.3. The van der Waals surface area contributed by atoms with E-state index in [4.69, 9.17) is 5.73 Å². The first-order chi connectivity index (χ1) is 9.55. The van der Waals surface area contributed by atoms with Crippen LogP contribution in [0.15, 0.2) is 18.2 Å². The van der Waals surface area contributed by atoms with Gasteiger partial charge in [0, 0.05) is 18.7 Å². The monoisotopic (exact) mass is 274 g/mol. The van der Waals surface area contributed by atoms with Crippen molar-refractivity contribution in [3.05, 3.63) is 29.3 Å². The molecule has 0 radical (unpaired) electrons. The number of nitrogens with two attached hydrogens (primary N) is 1. The molecule has 3 rings (SSSR count). The number of hydrogen-bond donors (Lipinski definition) is 4. The minimum absolute atomic E-state index is 0.0225. The molecular formula is C13H14N4O3. The molecule has 0 spiro atoms. The van der Waals surface area contributed by atoms with Gasteiger partial charge < -0.3 is 16.4 Å². The number of carbonyl (C=O) groups excluding carboxylic acids is 3. The maximum absolute atomic E-state index is 12.0. The smallest absolute Gasteiger partial charge is 0.322 e. The average Bonchev–Trinajstić information content (AvgIpc) is 2.73. The highest BCUT2D eigenvalue weighted by atomic mass is 16.2. The Balaban J connectivity index is 2.04. The van der Waals surface area contributed by atoms with Crippen molar-refractivity contribution in [2.45, 2.75) is 18.4 Å². The van der Waals surface area contributed by atoms with Gasteiger partial charge in [-0.2, -0.15) is 0 Å². The predicted molar refractivity (Wildman–Crippen MR) is 70.8 cm³/mol. The number of benzene rings is 1. The van der Waals surface area contributed by atoms with Crippen LogP contribution in [0.25, 0.3) is 0 Å². The van der Waals surface area contributed by atoms with E-state index in [1.807, 2.05) is 6.07 Å². The highest BCUT2D eigenvalue weighted by molar-refractivity contribution is 6.07. The van der Waals surface area contributed by atoms with Crippen molar-refractivity contribution in [3.63, 3.8) is 0 Å². The first-order valence-corrected chi connectivity index (χ1v) is 6.32. The summed E-state index contributed by atoms with van der Waals surface area (Å²) in [6.45, 7) is -0.0320. The number of hydrogen-bond acceptors (Lipinski definition) is 4. The molecule has 1 unspecified atom stereocenters. The van der Waals surface area contributed by atoms with Crippen LogP contribution in [0.2, 0.25) is 0 Å². The van der Waals surface area contributed by atoms with E-state index in [9.17, 15) is 14.4 Å². The van der Waals surface area contributed by atoms with Crippen LogP contribution in [0.3, 0.4) is 0 Å². The van der Waals surface area contributed by atoms with E-state index in [1.54, 1.807) is 12.1 Å². The SMILES string of the molecule is NCC1(c2ccc3c(c2)CCC(=O)N3)NC(=O)NC1=O. The van der Waals surface area contributed by atoms with Crippen molar-refractivity contribution in [1.29, 1.82) is 0 Å². The van der Waals surface area contributed by atoms with Gasteiger partial charge in [-0.1, -0.05) is 12.1 Å². The number of fused-ring (bicyclic) bond motifs is 1. The Morgan fingerprint density at radius 1 is 1.15 bits per heavy atom. The molecule has 1 atom stereocenters. The summed E-state index contributed by atoms with van der Waals surface area (Å²) >= 11 is 0. The van der Waals surface area contributed by atoms with Crippen molar-refractivity contribution < 1.29 is 14.4 Å². The molecule has 4 amide bonds. The van der Waals surface area contributed by atoms with E-state index in [1.165, 1.54) is 0 Å². The Morgan fingerprint density at radius 2 is 1.95 bits per heavy atom. The Morgan fingerprint density at radius 3 is 2.60 bits per heavy atom. The summed E-state index contributed by atoms with van der Waals surface area (Å²) < 4.78 is 0. The molecule has 2 heterocycles. The van der Waals surface area contributed by atoms with E-state index in [-0.39, 0.29) is 12.5 Å². The fourth-order valence-electron chi connectivity index (χ4n) is 2.61. The van der Waals surface area contributed by atoms with E-state index >= 15 is 0 Å². The third kappa shape index (κ3) is 1.75. The molecule has 7 heteroatoms. The van der Waals surface area contributed by atoms with Gasteiger partial charge in [0.25, 0.3) is 5.91 Å². The van der Waals surface area contributed by atoms with E-state index < -0.39 is 17.5 Å². The number of amides is 4. The lowest BCUT2D eigenvalue weighted by Crippen LogP contribution is -2.50. The molecule has 0 bridgehead atoms. The Kier molecular flexibility index (Phi) is 2.72.